The van der Waals surface area contributed by atoms with E-state index in [4.69, 9.17) is 0 Å². The first-order valence-electron chi connectivity index (χ1n) is 15.2. The average molecular weight is 539 g/mol. The highest BCUT2D eigenvalue weighted by molar-refractivity contribution is 5.47. The number of carbonyl (C=O) groups is 1. The Kier molecular flexibility index (Phi) is 18.4. The lowest BCUT2D eigenvalue weighted by Gasteiger charge is -2.31. The molecular weight excluding hydrogens is 484 g/mol. The topological polar surface area (TPSA) is 66.3 Å². The van der Waals surface area contributed by atoms with Crippen LogP contribution in [0.15, 0.2) is 30.7 Å². The molecule has 218 valence electrons. The van der Waals surface area contributed by atoms with Crippen molar-refractivity contribution in [2.24, 2.45) is 5.92 Å². The van der Waals surface area contributed by atoms with Crippen molar-refractivity contribution in [3.63, 3.8) is 0 Å². The minimum Gasteiger partial charge on any atom is -0.357 e. The number of aromatic nitrogens is 3. The fourth-order valence-electron chi connectivity index (χ4n) is 4.44. The highest BCUT2D eigenvalue weighted by Gasteiger charge is 2.20. The van der Waals surface area contributed by atoms with E-state index in [1.165, 1.54) is 31.2 Å². The summed E-state index contributed by atoms with van der Waals surface area (Å²) in [6.45, 7) is 17.3. The third-order valence-corrected chi connectivity index (χ3v) is 6.80. The maximum atomic E-state index is 10.6. The molecule has 0 atom stereocenters. The zero-order valence-corrected chi connectivity index (χ0v) is 25.7. The Morgan fingerprint density at radius 2 is 1.72 bits per heavy atom. The summed E-state index contributed by atoms with van der Waals surface area (Å²) >= 11 is 0. The number of carbonyl (C=O) groups excluding carboxylic acids is 1. The Hall–Kier alpha value is -2.85. The van der Waals surface area contributed by atoms with E-state index in [1.54, 1.807) is 0 Å². The maximum absolute atomic E-state index is 10.6. The van der Waals surface area contributed by atoms with E-state index in [0.717, 1.165) is 75.7 Å². The molecule has 0 aliphatic carbocycles. The van der Waals surface area contributed by atoms with Gasteiger partial charge in [0.05, 0.1) is 12.2 Å². The van der Waals surface area contributed by atoms with E-state index in [0.29, 0.717) is 6.04 Å². The van der Waals surface area contributed by atoms with Crippen molar-refractivity contribution in [2.75, 3.05) is 38.1 Å². The van der Waals surface area contributed by atoms with Crippen molar-refractivity contribution in [1.29, 1.82) is 0 Å². The molecule has 7 nitrogen and oxygen atoms in total. The van der Waals surface area contributed by atoms with Gasteiger partial charge in [-0.2, -0.15) is 5.10 Å². The standard InChI is InChI=1S/C17H24N2.C11H18N4O.2C2H6/c1-3-4-5-6-7-16-8-9-17(18-14-16)19-12-10-15(2)11-13-19;1-12-6-10-7-13-15(8-10)11-2-4-14(9-16)5-3-11;2*1-2/h8-9,14-15H,3-5,10-13H2,1-2H3;7-9,11-12H,2-6H2,1H3;2*1-2H3. The molecular formula is C32H54N6O. The van der Waals surface area contributed by atoms with E-state index in [9.17, 15) is 4.79 Å². The first-order chi connectivity index (χ1) is 19.1. The zero-order chi connectivity index (χ0) is 28.9. The van der Waals surface area contributed by atoms with Crippen LogP contribution in [0.1, 0.15) is 104 Å². The highest BCUT2D eigenvalue weighted by Crippen LogP contribution is 2.22. The van der Waals surface area contributed by atoms with Gasteiger partial charge in [0.25, 0.3) is 0 Å². The second kappa shape index (κ2) is 21.0. The second-order valence-electron chi connectivity index (χ2n) is 9.71. The largest absolute Gasteiger partial charge is 0.357 e. The van der Waals surface area contributed by atoms with E-state index in [2.05, 4.69) is 64.3 Å². The van der Waals surface area contributed by atoms with Crippen LogP contribution in [0.25, 0.3) is 0 Å². The number of likely N-dealkylation sites (tertiary alicyclic amines) is 1. The molecule has 2 fully saturated rings. The van der Waals surface area contributed by atoms with Crippen molar-refractivity contribution in [2.45, 2.75) is 99.1 Å². The molecule has 0 bridgehead atoms. The first-order valence-corrected chi connectivity index (χ1v) is 15.2. The van der Waals surface area contributed by atoms with Crippen LogP contribution in [0.4, 0.5) is 5.82 Å². The maximum Gasteiger partial charge on any atom is 0.209 e. The summed E-state index contributed by atoms with van der Waals surface area (Å²) in [7, 11) is 1.93. The molecule has 1 amide bonds. The van der Waals surface area contributed by atoms with Gasteiger partial charge in [-0.1, -0.05) is 59.8 Å². The van der Waals surface area contributed by atoms with Gasteiger partial charge in [0.1, 0.15) is 5.82 Å². The lowest BCUT2D eigenvalue weighted by atomic mass is 9.99. The normalized spacial score (nSPS) is 15.4. The molecule has 2 saturated heterocycles. The van der Waals surface area contributed by atoms with Gasteiger partial charge in [-0.15, -0.1) is 0 Å². The van der Waals surface area contributed by atoms with Gasteiger partial charge in [-0.3, -0.25) is 9.48 Å². The SMILES string of the molecule is CC.CC.CCCCC#Cc1ccc(N2CCC(C)CC2)nc1.CNCc1cnn(C2CCN(C=O)CC2)c1. The van der Waals surface area contributed by atoms with Gasteiger partial charge in [0.15, 0.2) is 0 Å². The van der Waals surface area contributed by atoms with E-state index in [1.807, 2.05) is 56.7 Å². The van der Waals surface area contributed by atoms with E-state index >= 15 is 0 Å². The summed E-state index contributed by atoms with van der Waals surface area (Å²) < 4.78 is 2.04. The molecule has 2 aliphatic heterocycles. The van der Waals surface area contributed by atoms with Gasteiger partial charge in [0, 0.05) is 62.7 Å². The van der Waals surface area contributed by atoms with Crippen LogP contribution in [0, 0.1) is 17.8 Å². The molecule has 0 saturated carbocycles. The number of hydrogen-bond donors (Lipinski definition) is 1. The molecule has 2 aliphatic rings. The monoisotopic (exact) mass is 538 g/mol. The molecule has 2 aromatic rings. The van der Waals surface area contributed by atoms with Gasteiger partial charge in [0.2, 0.25) is 6.41 Å². The molecule has 7 heteroatoms. The molecule has 4 rings (SSSR count). The summed E-state index contributed by atoms with van der Waals surface area (Å²) in [6, 6.07) is 4.65. The number of amides is 1. The van der Waals surface area contributed by atoms with Crippen LogP contribution in [-0.2, 0) is 11.3 Å². The smallest absolute Gasteiger partial charge is 0.209 e. The molecule has 1 N–H and O–H groups in total. The highest BCUT2D eigenvalue weighted by atomic mass is 16.1. The average Bonchev–Trinajstić information content (AvgIpc) is 3.47. The van der Waals surface area contributed by atoms with Crippen LogP contribution in [0.5, 0.6) is 0 Å². The van der Waals surface area contributed by atoms with Crippen molar-refractivity contribution in [3.05, 3.63) is 41.9 Å². The molecule has 2 aromatic heterocycles. The number of nitrogens with one attached hydrogen (secondary N) is 1. The van der Waals surface area contributed by atoms with Gasteiger partial charge < -0.3 is 15.1 Å². The van der Waals surface area contributed by atoms with Crippen LogP contribution in [0.2, 0.25) is 0 Å². The number of rotatable bonds is 7. The summed E-state index contributed by atoms with van der Waals surface area (Å²) in [4.78, 5) is 19.3. The number of hydrogen-bond acceptors (Lipinski definition) is 5. The number of unbranched alkanes of at least 4 members (excludes halogenated alkanes) is 2. The summed E-state index contributed by atoms with van der Waals surface area (Å²) in [5, 5.41) is 7.49. The zero-order valence-electron chi connectivity index (χ0n) is 25.7. The number of anilines is 1. The number of piperidine rings is 2. The fourth-order valence-corrected chi connectivity index (χ4v) is 4.44. The Morgan fingerprint density at radius 1 is 1.03 bits per heavy atom. The third kappa shape index (κ3) is 12.7. The molecule has 0 radical (unpaired) electrons. The quantitative estimate of drug-likeness (QED) is 0.254. The van der Waals surface area contributed by atoms with Crippen LogP contribution >= 0.6 is 0 Å². The Labute approximate surface area is 238 Å². The first kappa shape index (κ1) is 34.2. The van der Waals surface area contributed by atoms with E-state index < -0.39 is 0 Å². The predicted molar refractivity (Wildman–Crippen MR) is 165 cm³/mol. The van der Waals surface area contributed by atoms with Crippen LogP contribution in [-0.4, -0.2) is 59.3 Å². The molecule has 0 unspecified atom stereocenters. The Morgan fingerprint density at radius 3 is 2.28 bits per heavy atom. The van der Waals surface area contributed by atoms with E-state index in [-0.39, 0.29) is 0 Å². The fraction of sp³-hybridized carbons (Fsp3) is 0.656. The minimum atomic E-state index is 0.446. The minimum absolute atomic E-state index is 0.446. The summed E-state index contributed by atoms with van der Waals surface area (Å²) in [5.74, 6) is 8.35. The van der Waals surface area contributed by atoms with Crippen molar-refractivity contribution in [1.82, 2.24) is 25.0 Å². The second-order valence-corrected chi connectivity index (χ2v) is 9.71. The number of pyridine rings is 1. The Bertz CT molecular complexity index is 930. The lowest BCUT2D eigenvalue weighted by molar-refractivity contribution is -0.119. The molecule has 4 heterocycles. The Balaban J connectivity index is 0.000000350. The number of nitrogens with zero attached hydrogens (tertiary/aromatic N) is 5. The molecule has 0 aromatic carbocycles. The summed E-state index contributed by atoms with van der Waals surface area (Å²) in [6.07, 6.45) is 14.8. The van der Waals surface area contributed by atoms with Crippen molar-refractivity contribution < 1.29 is 4.79 Å². The van der Waals surface area contributed by atoms with Gasteiger partial charge in [-0.25, -0.2) is 4.98 Å². The van der Waals surface area contributed by atoms with Crippen molar-refractivity contribution >= 4 is 12.2 Å². The molecule has 0 spiro atoms. The summed E-state index contributed by atoms with van der Waals surface area (Å²) in [5.41, 5.74) is 2.24. The molecule has 39 heavy (non-hydrogen) atoms. The van der Waals surface area contributed by atoms with Gasteiger partial charge in [-0.05, 0) is 57.2 Å². The van der Waals surface area contributed by atoms with Gasteiger partial charge >= 0.3 is 0 Å². The van der Waals surface area contributed by atoms with Crippen LogP contribution < -0.4 is 10.2 Å². The third-order valence-electron chi connectivity index (χ3n) is 6.80. The van der Waals surface area contributed by atoms with Crippen LogP contribution in [0.3, 0.4) is 0 Å². The predicted octanol–water partition coefficient (Wildman–Crippen LogP) is 6.31. The van der Waals surface area contributed by atoms with Crippen molar-refractivity contribution in [3.8, 4) is 11.8 Å². The lowest BCUT2D eigenvalue weighted by Crippen LogP contribution is -2.33.